The highest BCUT2D eigenvalue weighted by Gasteiger charge is 2.33. The van der Waals surface area contributed by atoms with E-state index < -0.39 is 27.9 Å². The van der Waals surface area contributed by atoms with E-state index in [1.165, 1.54) is 0 Å². The van der Waals surface area contributed by atoms with Gasteiger partial charge >= 0.3 is 6.36 Å². The first-order valence-corrected chi connectivity index (χ1v) is 3.73. The molecule has 1 heterocycles. The Morgan fingerprint density at radius 2 is 2.13 bits per heavy atom. The molecule has 5 nitrogen and oxygen atoms in total. The molecule has 0 N–H and O–H groups in total. The van der Waals surface area contributed by atoms with Gasteiger partial charge < -0.3 is 4.74 Å². The Bertz CT molecular complexity index is 396. The van der Waals surface area contributed by atoms with Gasteiger partial charge in [0.1, 0.15) is 6.20 Å². The van der Waals surface area contributed by atoms with Gasteiger partial charge in [-0.25, -0.2) is 4.98 Å². The normalized spacial score (nSPS) is 11.2. The zero-order valence-corrected chi connectivity index (χ0v) is 7.54. The number of nitrogens with zero attached hydrogens (tertiary/aromatic N) is 2. The highest BCUT2D eigenvalue weighted by atomic mass is 35.5. The summed E-state index contributed by atoms with van der Waals surface area (Å²) in [7, 11) is 0. The molecule has 0 spiro atoms. The van der Waals surface area contributed by atoms with Gasteiger partial charge in [-0.15, -0.1) is 13.2 Å². The van der Waals surface area contributed by atoms with E-state index >= 15 is 0 Å². The van der Waals surface area contributed by atoms with Crippen LogP contribution in [0.5, 0.6) is 5.75 Å². The second-order valence-electron chi connectivity index (χ2n) is 2.29. The molecule has 0 atom stereocenters. The molecule has 9 heteroatoms. The molecule has 0 radical (unpaired) electrons. The van der Waals surface area contributed by atoms with E-state index in [2.05, 4.69) is 9.72 Å². The van der Waals surface area contributed by atoms with Crippen LogP contribution in [-0.4, -0.2) is 16.3 Å². The predicted octanol–water partition coefficient (Wildman–Crippen LogP) is 2.54. The van der Waals surface area contributed by atoms with Crippen LogP contribution in [0.15, 0.2) is 12.3 Å². The number of rotatable bonds is 2. The Morgan fingerprint density at radius 3 is 2.60 bits per heavy atom. The molecule has 0 fully saturated rings. The molecule has 0 aliphatic rings. The lowest BCUT2D eigenvalue weighted by molar-refractivity contribution is -0.385. The van der Waals surface area contributed by atoms with Crippen molar-refractivity contribution in [2.45, 2.75) is 6.36 Å². The van der Waals surface area contributed by atoms with Crippen molar-refractivity contribution in [3.05, 3.63) is 27.5 Å². The van der Waals surface area contributed by atoms with E-state index in [1.807, 2.05) is 0 Å². The van der Waals surface area contributed by atoms with Crippen molar-refractivity contribution in [3.8, 4) is 5.75 Å². The van der Waals surface area contributed by atoms with Crippen molar-refractivity contribution >= 4 is 17.3 Å². The first-order valence-electron chi connectivity index (χ1n) is 3.35. The van der Waals surface area contributed by atoms with Gasteiger partial charge in [-0.1, -0.05) is 11.6 Å². The molecular formula is C6H2ClF3N2O3. The van der Waals surface area contributed by atoms with Crippen LogP contribution in [0.4, 0.5) is 18.9 Å². The van der Waals surface area contributed by atoms with Gasteiger partial charge in [0.2, 0.25) is 0 Å². The molecule has 0 amide bonds. The van der Waals surface area contributed by atoms with E-state index in [-0.39, 0.29) is 0 Å². The number of aromatic nitrogens is 1. The number of pyridine rings is 1. The number of hydrogen-bond donors (Lipinski definition) is 0. The minimum absolute atomic E-state index is 0.544. The van der Waals surface area contributed by atoms with Crippen molar-refractivity contribution in [2.75, 3.05) is 0 Å². The molecular weight excluding hydrogens is 241 g/mol. The molecule has 0 aromatic carbocycles. The zero-order valence-electron chi connectivity index (χ0n) is 6.79. The number of nitro groups is 1. The lowest BCUT2D eigenvalue weighted by atomic mass is 10.4. The van der Waals surface area contributed by atoms with Crippen molar-refractivity contribution < 1.29 is 22.8 Å². The fraction of sp³-hybridized carbons (Fsp3) is 0.167. The lowest BCUT2D eigenvalue weighted by Crippen LogP contribution is -2.17. The molecule has 0 bridgehead atoms. The summed E-state index contributed by atoms with van der Waals surface area (Å²) in [4.78, 5) is 12.5. The summed E-state index contributed by atoms with van der Waals surface area (Å²) in [5.41, 5.74) is -0.640. The summed E-state index contributed by atoms with van der Waals surface area (Å²) >= 11 is 5.25. The van der Waals surface area contributed by atoms with Crippen LogP contribution in [0.3, 0.4) is 0 Å². The average Bonchev–Trinajstić information content (AvgIpc) is 2.06. The summed E-state index contributed by atoms with van der Waals surface area (Å²) in [6.45, 7) is 0. The minimum Gasteiger partial charge on any atom is -0.402 e. The number of hydrogen-bond acceptors (Lipinski definition) is 4. The SMILES string of the molecule is O=[N+]([O-])c1cnc(Cl)c(OC(F)(F)F)c1. The van der Waals surface area contributed by atoms with Gasteiger partial charge in [-0.05, 0) is 0 Å². The van der Waals surface area contributed by atoms with Gasteiger partial charge in [0, 0.05) is 0 Å². The highest BCUT2D eigenvalue weighted by Crippen LogP contribution is 2.31. The van der Waals surface area contributed by atoms with Crippen molar-refractivity contribution in [2.24, 2.45) is 0 Å². The van der Waals surface area contributed by atoms with Crippen LogP contribution in [0.1, 0.15) is 0 Å². The second-order valence-corrected chi connectivity index (χ2v) is 2.65. The zero-order chi connectivity index (χ0) is 11.6. The Hall–Kier alpha value is -1.57. The third-order valence-electron chi connectivity index (χ3n) is 1.23. The van der Waals surface area contributed by atoms with Crippen molar-refractivity contribution in [3.63, 3.8) is 0 Å². The maximum absolute atomic E-state index is 11.8. The Labute approximate surface area is 85.6 Å². The molecule has 82 valence electrons. The third-order valence-corrected chi connectivity index (χ3v) is 1.51. The van der Waals surface area contributed by atoms with Crippen LogP contribution < -0.4 is 4.74 Å². The highest BCUT2D eigenvalue weighted by molar-refractivity contribution is 6.30. The molecule has 0 aliphatic carbocycles. The maximum atomic E-state index is 11.8. The lowest BCUT2D eigenvalue weighted by Gasteiger charge is -2.08. The van der Waals surface area contributed by atoms with Crippen LogP contribution in [0, 0.1) is 10.1 Å². The molecule has 0 aliphatic heterocycles. The molecule has 0 saturated carbocycles. The van der Waals surface area contributed by atoms with E-state index in [0.29, 0.717) is 6.07 Å². The largest absolute Gasteiger partial charge is 0.573 e. The Morgan fingerprint density at radius 1 is 1.53 bits per heavy atom. The molecule has 15 heavy (non-hydrogen) atoms. The quantitative estimate of drug-likeness (QED) is 0.454. The second kappa shape index (κ2) is 3.89. The first-order chi connectivity index (χ1) is 6.79. The fourth-order valence-electron chi connectivity index (χ4n) is 0.714. The summed E-state index contributed by atoms with van der Waals surface area (Å²) < 4.78 is 38.8. The predicted molar refractivity (Wildman–Crippen MR) is 42.6 cm³/mol. The topological polar surface area (TPSA) is 65.3 Å². The summed E-state index contributed by atoms with van der Waals surface area (Å²) in [6, 6.07) is 0.544. The summed E-state index contributed by atoms with van der Waals surface area (Å²) in [5, 5.41) is 9.62. The third kappa shape index (κ3) is 3.24. The van der Waals surface area contributed by atoms with Gasteiger partial charge in [0.15, 0.2) is 10.9 Å². The Kier molecular flexibility index (Phi) is 2.98. The average molecular weight is 243 g/mol. The van der Waals surface area contributed by atoms with Crippen LogP contribution >= 0.6 is 11.6 Å². The van der Waals surface area contributed by atoms with Gasteiger partial charge in [-0.2, -0.15) is 0 Å². The van der Waals surface area contributed by atoms with Gasteiger partial charge in [0.05, 0.1) is 11.0 Å². The molecule has 1 aromatic heterocycles. The number of ether oxygens (including phenoxy) is 1. The van der Waals surface area contributed by atoms with Crippen molar-refractivity contribution in [1.29, 1.82) is 0 Å². The molecule has 0 saturated heterocycles. The Balaban J connectivity index is 3.06. The monoisotopic (exact) mass is 242 g/mol. The van der Waals surface area contributed by atoms with Gasteiger partial charge in [-0.3, -0.25) is 10.1 Å². The van der Waals surface area contributed by atoms with Crippen LogP contribution in [-0.2, 0) is 0 Å². The van der Waals surface area contributed by atoms with E-state index in [9.17, 15) is 23.3 Å². The maximum Gasteiger partial charge on any atom is 0.573 e. The fourth-order valence-corrected chi connectivity index (χ4v) is 0.856. The van der Waals surface area contributed by atoms with Gasteiger partial charge in [0.25, 0.3) is 5.69 Å². The molecule has 1 rings (SSSR count). The summed E-state index contributed by atoms with van der Waals surface area (Å²) in [6.07, 6.45) is -4.24. The standard InChI is InChI=1S/C6H2ClF3N2O3/c7-5-4(15-6(8,9)10)1-3(2-11-5)12(13)14/h1-2H. The summed E-state index contributed by atoms with van der Waals surface area (Å²) in [5.74, 6) is -0.904. The van der Waals surface area contributed by atoms with E-state index in [4.69, 9.17) is 11.6 Å². The molecule has 1 aromatic rings. The number of alkyl halides is 3. The van der Waals surface area contributed by atoms with Crippen LogP contribution in [0.2, 0.25) is 5.15 Å². The van der Waals surface area contributed by atoms with E-state index in [0.717, 1.165) is 6.20 Å². The van der Waals surface area contributed by atoms with Crippen LogP contribution in [0.25, 0.3) is 0 Å². The first kappa shape index (κ1) is 11.5. The number of halogens is 4. The van der Waals surface area contributed by atoms with Crippen molar-refractivity contribution in [1.82, 2.24) is 4.98 Å². The van der Waals surface area contributed by atoms with E-state index in [1.54, 1.807) is 0 Å². The smallest absolute Gasteiger partial charge is 0.402 e. The minimum atomic E-state index is -4.97. The molecule has 0 unspecified atom stereocenters.